The standard InChI is InChI=1S/C4H9.3CHO.Ru/c1-3-4-2;3*1-2;/h1,3-4H2,2H3;3*1H;/q4*-1;+4. The van der Waals surface area contributed by atoms with E-state index in [9.17, 15) is 0 Å². The second kappa shape index (κ2) is 269. The molecular weight excluding hydrogens is 233 g/mol. The first-order valence-electron chi connectivity index (χ1n) is 2.41. The topological polar surface area (TPSA) is 51.2 Å². The smallest absolute Gasteiger partial charge is 0.545 e. The van der Waals surface area contributed by atoms with Gasteiger partial charge in [-0.2, -0.15) is 6.42 Å². The fourth-order valence-corrected chi connectivity index (χ4v) is 0. The maximum Gasteiger partial charge on any atom is 4.00 e. The van der Waals surface area contributed by atoms with E-state index >= 15 is 0 Å². The van der Waals surface area contributed by atoms with Crippen molar-refractivity contribution in [3.8, 4) is 0 Å². The van der Waals surface area contributed by atoms with Gasteiger partial charge in [-0.3, -0.25) is 20.4 Å². The number of hydrogen-bond donors (Lipinski definition) is 0. The predicted octanol–water partition coefficient (Wildman–Crippen LogP) is 0.796. The van der Waals surface area contributed by atoms with E-state index < -0.39 is 0 Å². The van der Waals surface area contributed by atoms with E-state index in [-0.39, 0.29) is 19.5 Å². The van der Waals surface area contributed by atoms with Gasteiger partial charge in [0.1, 0.15) is 0 Å². The number of carbonyl (C=O) groups excluding carboxylic acids is 3. The van der Waals surface area contributed by atoms with Crippen LogP contribution in [-0.2, 0) is 33.9 Å². The first kappa shape index (κ1) is 31.1. The molecule has 0 unspecified atom stereocenters. The summed E-state index contributed by atoms with van der Waals surface area (Å²) in [6.45, 7) is 15.5. The van der Waals surface area contributed by atoms with Gasteiger partial charge in [-0.1, -0.05) is 13.3 Å². The summed E-state index contributed by atoms with van der Waals surface area (Å²) in [6.07, 6.45) is 2.28. The van der Waals surface area contributed by atoms with Gasteiger partial charge < -0.3 is 21.3 Å². The van der Waals surface area contributed by atoms with E-state index in [0.29, 0.717) is 0 Å². The van der Waals surface area contributed by atoms with Crippen LogP contribution in [0, 0.1) is 6.92 Å². The van der Waals surface area contributed by atoms with Crippen molar-refractivity contribution in [1.29, 1.82) is 0 Å². The van der Waals surface area contributed by atoms with Crippen molar-refractivity contribution in [3.63, 3.8) is 0 Å². The second-order valence-corrected chi connectivity index (χ2v) is 0.854. The fraction of sp³-hybridized carbons (Fsp3) is 0.429. The van der Waals surface area contributed by atoms with Crippen LogP contribution in [0.3, 0.4) is 0 Å². The van der Waals surface area contributed by atoms with Gasteiger partial charge in [-0.25, -0.2) is 0 Å². The Bertz CT molecular complexity index is 30.1. The Kier molecular flexibility index (Phi) is 761. The second-order valence-electron chi connectivity index (χ2n) is 0.854. The molecule has 66 valence electrons. The molecule has 0 fully saturated rings. The van der Waals surface area contributed by atoms with Crippen LogP contribution in [0.25, 0.3) is 0 Å². The zero-order chi connectivity index (χ0) is 9.41. The predicted molar refractivity (Wildman–Crippen MR) is 40.5 cm³/mol. The molecule has 0 aliphatic carbocycles. The fourth-order valence-electron chi connectivity index (χ4n) is 0. The maximum absolute atomic E-state index is 7.75. The van der Waals surface area contributed by atoms with Gasteiger partial charge in [0.25, 0.3) is 0 Å². The molecule has 0 radical (unpaired) electrons. The van der Waals surface area contributed by atoms with E-state index in [1.165, 1.54) is 6.42 Å². The van der Waals surface area contributed by atoms with Gasteiger partial charge >= 0.3 is 19.5 Å². The Balaban J connectivity index is -0.0000000152. The zero-order valence-corrected chi connectivity index (χ0v) is 8.17. The molecule has 0 saturated carbocycles. The molecule has 0 heterocycles. The molecule has 0 saturated heterocycles. The van der Waals surface area contributed by atoms with Gasteiger partial charge in [0.05, 0.1) is 0 Å². The molecule has 4 heteroatoms. The number of hydrogen-bond acceptors (Lipinski definition) is 3. The minimum absolute atomic E-state index is 0. The third-order valence-corrected chi connectivity index (χ3v) is 0.354. The van der Waals surface area contributed by atoms with Crippen LogP contribution in [0.2, 0.25) is 0 Å². The third-order valence-electron chi connectivity index (χ3n) is 0.354. The summed E-state index contributed by atoms with van der Waals surface area (Å²) >= 11 is 0. The van der Waals surface area contributed by atoms with E-state index in [1.54, 1.807) is 0 Å². The molecule has 0 rings (SSSR count). The summed E-state index contributed by atoms with van der Waals surface area (Å²) in [5, 5.41) is 0. The van der Waals surface area contributed by atoms with Gasteiger partial charge in [0.15, 0.2) is 0 Å². The van der Waals surface area contributed by atoms with Crippen molar-refractivity contribution < 1.29 is 33.9 Å². The van der Waals surface area contributed by atoms with Crippen LogP contribution in [0.4, 0.5) is 0 Å². The van der Waals surface area contributed by atoms with Crippen molar-refractivity contribution in [3.05, 3.63) is 6.92 Å². The van der Waals surface area contributed by atoms with Gasteiger partial charge in [0, 0.05) is 0 Å². The van der Waals surface area contributed by atoms with Crippen LogP contribution >= 0.6 is 0 Å². The Morgan fingerprint density at radius 2 is 1.09 bits per heavy atom. The third kappa shape index (κ3) is 1400. The van der Waals surface area contributed by atoms with Crippen molar-refractivity contribution >= 4 is 20.4 Å². The van der Waals surface area contributed by atoms with E-state index in [0.717, 1.165) is 6.42 Å². The van der Waals surface area contributed by atoms with Crippen molar-refractivity contribution in [2.75, 3.05) is 0 Å². The molecule has 0 bridgehead atoms. The minimum atomic E-state index is 0. The largest absolute Gasteiger partial charge is 4.00 e. The van der Waals surface area contributed by atoms with Crippen LogP contribution in [0.1, 0.15) is 19.8 Å². The van der Waals surface area contributed by atoms with E-state index in [4.69, 9.17) is 14.4 Å². The average Bonchev–Trinajstić information content (AvgIpc) is 2.14. The minimum Gasteiger partial charge on any atom is -0.545 e. The first-order chi connectivity index (χ1) is 4.91. The number of unbranched alkanes of at least 4 members (excludes halogenated alkanes) is 1. The molecule has 0 spiro atoms. The molecule has 0 aliphatic rings. The van der Waals surface area contributed by atoms with E-state index in [1.807, 2.05) is 0 Å². The molecule has 0 aliphatic heterocycles. The molecule has 0 amide bonds. The molecule has 0 aromatic carbocycles. The monoisotopic (exact) mass is 246 g/mol. The van der Waals surface area contributed by atoms with Crippen molar-refractivity contribution in [1.82, 2.24) is 0 Å². The van der Waals surface area contributed by atoms with Crippen LogP contribution in [-0.4, -0.2) is 20.4 Å². The molecular formula is C7H12O3Ru. The quantitative estimate of drug-likeness (QED) is 0.390. The Morgan fingerprint density at radius 1 is 1.00 bits per heavy atom. The molecule has 0 aromatic heterocycles. The number of rotatable bonds is 1. The van der Waals surface area contributed by atoms with Crippen LogP contribution in [0.5, 0.6) is 0 Å². The van der Waals surface area contributed by atoms with Gasteiger partial charge in [-0.15, -0.1) is 0 Å². The van der Waals surface area contributed by atoms with Crippen LogP contribution < -0.4 is 0 Å². The van der Waals surface area contributed by atoms with Gasteiger partial charge in [-0.05, 0) is 0 Å². The van der Waals surface area contributed by atoms with Crippen molar-refractivity contribution in [2.45, 2.75) is 19.8 Å². The maximum atomic E-state index is 7.75. The summed E-state index contributed by atoms with van der Waals surface area (Å²) in [4.78, 5) is 23.2. The first-order valence-corrected chi connectivity index (χ1v) is 2.41. The SMILES string of the molecule is [CH-]=O.[CH-]=O.[CH-]=O.[CH2-]CCC.[Ru+4]. The summed E-state index contributed by atoms with van der Waals surface area (Å²) in [5.74, 6) is 0. The van der Waals surface area contributed by atoms with Gasteiger partial charge in [0.2, 0.25) is 0 Å². The summed E-state index contributed by atoms with van der Waals surface area (Å²) in [5.41, 5.74) is 0. The summed E-state index contributed by atoms with van der Waals surface area (Å²) in [7, 11) is 0. The normalized spacial score (nSPS) is 3.82. The Hall–Kier alpha value is -0.367. The molecule has 3 nitrogen and oxygen atoms in total. The Morgan fingerprint density at radius 3 is 1.09 bits per heavy atom. The molecule has 0 aromatic rings. The molecule has 11 heavy (non-hydrogen) atoms. The molecule has 0 atom stereocenters. The van der Waals surface area contributed by atoms with Crippen molar-refractivity contribution in [2.24, 2.45) is 0 Å². The zero-order valence-electron chi connectivity index (χ0n) is 6.43. The van der Waals surface area contributed by atoms with E-state index in [2.05, 4.69) is 34.2 Å². The Labute approximate surface area is 81.3 Å². The average molecular weight is 245 g/mol. The van der Waals surface area contributed by atoms with Crippen LogP contribution in [0.15, 0.2) is 0 Å². The molecule has 0 N–H and O–H groups in total. The summed E-state index contributed by atoms with van der Waals surface area (Å²) < 4.78 is 0. The summed E-state index contributed by atoms with van der Waals surface area (Å²) in [6, 6.07) is 0.